The molecule has 4 aromatic rings. The summed E-state index contributed by atoms with van der Waals surface area (Å²) in [5.74, 6) is 1.07. The summed E-state index contributed by atoms with van der Waals surface area (Å²) >= 11 is 0. The van der Waals surface area contributed by atoms with E-state index in [9.17, 15) is 9.59 Å². The molecule has 1 atom stereocenters. The van der Waals surface area contributed by atoms with Gasteiger partial charge in [0, 0.05) is 0 Å². The first-order chi connectivity index (χ1) is 15.5. The second-order valence-corrected chi connectivity index (χ2v) is 8.05. The summed E-state index contributed by atoms with van der Waals surface area (Å²) in [6, 6.07) is 14.2. The quantitative estimate of drug-likeness (QED) is 0.439. The zero-order chi connectivity index (χ0) is 22.4. The van der Waals surface area contributed by atoms with E-state index in [-0.39, 0.29) is 23.6 Å². The van der Waals surface area contributed by atoms with Gasteiger partial charge in [-0.25, -0.2) is 0 Å². The summed E-state index contributed by atoms with van der Waals surface area (Å²) in [5.41, 5.74) is 3.20. The maximum Gasteiger partial charge on any atom is 0.291 e. The molecule has 0 saturated heterocycles. The first kappa shape index (κ1) is 20.1. The van der Waals surface area contributed by atoms with Crippen molar-refractivity contribution in [3.63, 3.8) is 0 Å². The van der Waals surface area contributed by atoms with Gasteiger partial charge in [0.05, 0.1) is 36.4 Å². The molecule has 0 bridgehead atoms. The smallest absolute Gasteiger partial charge is 0.291 e. The summed E-state index contributed by atoms with van der Waals surface area (Å²) in [6.45, 7) is 6.47. The number of aryl methyl sites for hydroxylation is 2. The first-order valence-corrected chi connectivity index (χ1v) is 10.6. The van der Waals surface area contributed by atoms with Gasteiger partial charge in [-0.2, -0.15) is 0 Å². The Balaban J connectivity index is 1.75. The molecule has 0 N–H and O–H groups in total. The fourth-order valence-corrected chi connectivity index (χ4v) is 4.50. The summed E-state index contributed by atoms with van der Waals surface area (Å²) in [6.07, 6.45) is 1.57. The summed E-state index contributed by atoms with van der Waals surface area (Å²) in [7, 11) is 0. The van der Waals surface area contributed by atoms with Crippen LogP contribution in [0.15, 0.2) is 68.4 Å². The molecular formula is C26H23NO5. The highest BCUT2D eigenvalue weighted by Gasteiger charge is 2.43. The van der Waals surface area contributed by atoms with Crippen LogP contribution in [-0.2, 0) is 6.54 Å². The molecule has 0 fully saturated rings. The molecule has 0 aliphatic carbocycles. The van der Waals surface area contributed by atoms with E-state index in [1.165, 1.54) is 0 Å². The molecule has 5 rings (SSSR count). The van der Waals surface area contributed by atoms with Crippen molar-refractivity contribution in [2.45, 2.75) is 33.4 Å². The Morgan fingerprint density at radius 1 is 1.06 bits per heavy atom. The number of hydrogen-bond donors (Lipinski definition) is 0. The van der Waals surface area contributed by atoms with E-state index in [2.05, 4.69) is 0 Å². The van der Waals surface area contributed by atoms with Crippen LogP contribution in [0.3, 0.4) is 0 Å². The highest BCUT2D eigenvalue weighted by atomic mass is 16.5. The Morgan fingerprint density at radius 3 is 2.66 bits per heavy atom. The van der Waals surface area contributed by atoms with Crippen LogP contribution in [0.2, 0.25) is 0 Å². The molecule has 32 heavy (non-hydrogen) atoms. The lowest BCUT2D eigenvalue weighted by Crippen LogP contribution is -2.29. The van der Waals surface area contributed by atoms with Crippen molar-refractivity contribution in [2.24, 2.45) is 0 Å². The van der Waals surface area contributed by atoms with Crippen LogP contribution in [0.1, 0.15) is 51.5 Å². The van der Waals surface area contributed by atoms with Crippen molar-refractivity contribution in [1.82, 2.24) is 4.90 Å². The van der Waals surface area contributed by atoms with Gasteiger partial charge in [-0.3, -0.25) is 9.59 Å². The predicted octanol–water partition coefficient (Wildman–Crippen LogP) is 5.15. The monoisotopic (exact) mass is 429 g/mol. The van der Waals surface area contributed by atoms with Gasteiger partial charge in [0.25, 0.3) is 5.91 Å². The standard InChI is InChI=1S/C26H23NO5/c1-4-30-18-8-5-7-17(13-18)22-21-23(28)20-12-15(2)11-16(3)24(20)32-25(21)26(29)27(22)14-19-9-6-10-31-19/h5-13,22H,4,14H2,1-3H3. The molecule has 1 amide bonds. The van der Waals surface area contributed by atoms with Crippen molar-refractivity contribution < 1.29 is 18.4 Å². The number of hydrogen-bond acceptors (Lipinski definition) is 5. The SMILES string of the molecule is CCOc1cccc(C2c3c(oc4c(C)cc(C)cc4c3=O)C(=O)N2Cc2ccco2)c1. The number of carbonyl (C=O) groups is 1. The Morgan fingerprint density at radius 2 is 1.91 bits per heavy atom. The molecule has 6 nitrogen and oxygen atoms in total. The summed E-state index contributed by atoms with van der Waals surface area (Å²) in [4.78, 5) is 28.9. The highest BCUT2D eigenvalue weighted by molar-refractivity contribution is 5.99. The van der Waals surface area contributed by atoms with Crippen molar-refractivity contribution >= 4 is 16.9 Å². The number of benzene rings is 2. The van der Waals surface area contributed by atoms with Crippen LogP contribution in [-0.4, -0.2) is 17.4 Å². The molecule has 0 saturated carbocycles. The number of amides is 1. The zero-order valence-corrected chi connectivity index (χ0v) is 18.2. The van der Waals surface area contributed by atoms with Gasteiger partial charge in [-0.15, -0.1) is 0 Å². The van der Waals surface area contributed by atoms with Crippen LogP contribution in [0.5, 0.6) is 5.75 Å². The molecule has 2 aromatic carbocycles. The predicted molar refractivity (Wildman–Crippen MR) is 120 cm³/mol. The van der Waals surface area contributed by atoms with Gasteiger partial charge in [-0.05, 0) is 67.8 Å². The number of furan rings is 1. The van der Waals surface area contributed by atoms with Crippen molar-refractivity contribution in [3.05, 3.63) is 98.8 Å². The van der Waals surface area contributed by atoms with Gasteiger partial charge in [0.2, 0.25) is 5.76 Å². The topological polar surface area (TPSA) is 72.9 Å². The Kier molecular flexibility index (Phi) is 4.85. The third kappa shape index (κ3) is 3.19. The molecule has 0 spiro atoms. The molecule has 2 aromatic heterocycles. The van der Waals surface area contributed by atoms with Crippen LogP contribution in [0, 0.1) is 13.8 Å². The summed E-state index contributed by atoms with van der Waals surface area (Å²) < 4.78 is 17.3. The van der Waals surface area contributed by atoms with Gasteiger partial charge in [0.1, 0.15) is 17.1 Å². The molecule has 1 aliphatic rings. The van der Waals surface area contributed by atoms with E-state index in [0.717, 1.165) is 16.7 Å². The van der Waals surface area contributed by atoms with E-state index < -0.39 is 6.04 Å². The second-order valence-electron chi connectivity index (χ2n) is 8.05. The normalized spacial score (nSPS) is 15.4. The Labute approximate surface area is 185 Å². The molecule has 0 radical (unpaired) electrons. The molecule has 1 aliphatic heterocycles. The molecule has 162 valence electrons. The molecule has 6 heteroatoms. The largest absolute Gasteiger partial charge is 0.494 e. The number of nitrogens with zero attached hydrogens (tertiary/aromatic N) is 1. The average molecular weight is 429 g/mol. The van der Waals surface area contributed by atoms with E-state index >= 15 is 0 Å². The number of rotatable bonds is 5. The van der Waals surface area contributed by atoms with E-state index in [0.29, 0.717) is 34.6 Å². The fourth-order valence-electron chi connectivity index (χ4n) is 4.50. The number of carbonyl (C=O) groups excluding carboxylic acids is 1. The van der Waals surface area contributed by atoms with Gasteiger partial charge < -0.3 is 18.5 Å². The van der Waals surface area contributed by atoms with Crippen LogP contribution < -0.4 is 10.2 Å². The molecular weight excluding hydrogens is 406 g/mol. The Bertz CT molecular complexity index is 1380. The average Bonchev–Trinajstić information content (AvgIpc) is 3.37. The molecule has 1 unspecified atom stereocenters. The van der Waals surface area contributed by atoms with Gasteiger partial charge in [0.15, 0.2) is 5.43 Å². The van der Waals surface area contributed by atoms with Crippen LogP contribution in [0.4, 0.5) is 0 Å². The maximum absolute atomic E-state index is 13.7. The first-order valence-electron chi connectivity index (χ1n) is 10.6. The van der Waals surface area contributed by atoms with Gasteiger partial charge >= 0.3 is 0 Å². The lowest BCUT2D eigenvalue weighted by atomic mass is 9.97. The molecule has 3 heterocycles. The fraction of sp³-hybridized carbons (Fsp3) is 0.231. The van der Waals surface area contributed by atoms with E-state index in [1.54, 1.807) is 17.2 Å². The Hall–Kier alpha value is -3.80. The third-order valence-electron chi connectivity index (χ3n) is 5.79. The van der Waals surface area contributed by atoms with E-state index in [1.807, 2.05) is 63.2 Å². The van der Waals surface area contributed by atoms with E-state index in [4.69, 9.17) is 13.6 Å². The minimum absolute atomic E-state index is 0.0906. The third-order valence-corrected chi connectivity index (χ3v) is 5.79. The number of fused-ring (bicyclic) bond motifs is 2. The van der Waals surface area contributed by atoms with Crippen molar-refractivity contribution in [3.8, 4) is 5.75 Å². The lowest BCUT2D eigenvalue weighted by molar-refractivity contribution is 0.0701. The lowest BCUT2D eigenvalue weighted by Gasteiger charge is -2.24. The van der Waals surface area contributed by atoms with Crippen LogP contribution >= 0.6 is 0 Å². The minimum atomic E-state index is -0.607. The number of ether oxygens (including phenoxy) is 1. The van der Waals surface area contributed by atoms with Gasteiger partial charge in [-0.1, -0.05) is 18.2 Å². The second kappa shape index (κ2) is 7.71. The van der Waals surface area contributed by atoms with Crippen molar-refractivity contribution in [2.75, 3.05) is 6.61 Å². The zero-order valence-electron chi connectivity index (χ0n) is 18.2. The highest BCUT2D eigenvalue weighted by Crippen LogP contribution is 2.40. The summed E-state index contributed by atoms with van der Waals surface area (Å²) in [5, 5.41) is 0.486. The minimum Gasteiger partial charge on any atom is -0.494 e. The maximum atomic E-state index is 13.7. The van der Waals surface area contributed by atoms with Crippen LogP contribution in [0.25, 0.3) is 11.0 Å². The van der Waals surface area contributed by atoms with Crippen molar-refractivity contribution in [1.29, 1.82) is 0 Å².